The normalized spacial score (nSPS) is 10.4. The first-order valence-electron chi connectivity index (χ1n) is 7.29. The summed E-state index contributed by atoms with van der Waals surface area (Å²) < 4.78 is 5.35. The van der Waals surface area contributed by atoms with Crippen molar-refractivity contribution in [3.05, 3.63) is 24.3 Å². The van der Waals surface area contributed by atoms with Crippen LogP contribution < -0.4 is 21.1 Å². The van der Waals surface area contributed by atoms with Crippen LogP contribution in [0.25, 0.3) is 0 Å². The average Bonchev–Trinajstić information content (AvgIpc) is 2.43. The van der Waals surface area contributed by atoms with Crippen molar-refractivity contribution in [2.45, 2.75) is 27.2 Å². The maximum absolute atomic E-state index is 11.8. The number of anilines is 1. The summed E-state index contributed by atoms with van der Waals surface area (Å²) in [6.07, 6.45) is 0.382. The third-order valence-corrected chi connectivity index (χ3v) is 2.66. The van der Waals surface area contributed by atoms with E-state index < -0.39 is 0 Å². The first kappa shape index (κ1) is 21.2. The minimum absolute atomic E-state index is 0. The summed E-state index contributed by atoms with van der Waals surface area (Å²) in [5.41, 5.74) is 5.90. The van der Waals surface area contributed by atoms with Gasteiger partial charge in [-0.25, -0.2) is 0 Å². The van der Waals surface area contributed by atoms with Crippen LogP contribution in [0.15, 0.2) is 24.3 Å². The Hall–Kier alpha value is -1.79. The molecule has 0 atom stereocenters. The van der Waals surface area contributed by atoms with Crippen molar-refractivity contribution in [2.75, 3.05) is 25.0 Å². The van der Waals surface area contributed by atoms with E-state index in [-0.39, 0.29) is 36.2 Å². The topological polar surface area (TPSA) is 93.5 Å². The lowest BCUT2D eigenvalue weighted by Crippen LogP contribution is -2.34. The average molecular weight is 344 g/mol. The Labute approximate surface area is 143 Å². The number of nitrogens with two attached hydrogens (primary N) is 1. The Bertz CT molecular complexity index is 498. The molecule has 130 valence electrons. The van der Waals surface area contributed by atoms with Gasteiger partial charge in [0, 0.05) is 18.7 Å². The van der Waals surface area contributed by atoms with E-state index in [0.717, 1.165) is 0 Å². The molecule has 0 aromatic heterocycles. The van der Waals surface area contributed by atoms with Crippen molar-refractivity contribution in [1.29, 1.82) is 0 Å². The zero-order valence-corrected chi connectivity index (χ0v) is 14.7. The fourth-order valence-corrected chi connectivity index (χ4v) is 1.74. The molecule has 4 N–H and O–H groups in total. The molecule has 1 aromatic carbocycles. The van der Waals surface area contributed by atoms with Gasteiger partial charge in [0.25, 0.3) is 0 Å². The standard InChI is InChI=1S/C16H25N3O3.ClH/c1-16(2,3)10-14(20)18-11-15(21)19-12-4-6-13(7-5-12)22-9-8-17;/h4-7H,8-11,17H2,1-3H3,(H,18,20)(H,19,21);1H. The highest BCUT2D eigenvalue weighted by molar-refractivity contribution is 5.94. The van der Waals surface area contributed by atoms with Crippen LogP contribution >= 0.6 is 12.4 Å². The van der Waals surface area contributed by atoms with Crippen LogP contribution in [0.2, 0.25) is 0 Å². The molecule has 0 heterocycles. The largest absolute Gasteiger partial charge is 0.492 e. The van der Waals surface area contributed by atoms with E-state index in [1.807, 2.05) is 20.8 Å². The highest BCUT2D eigenvalue weighted by Gasteiger charge is 2.16. The van der Waals surface area contributed by atoms with E-state index >= 15 is 0 Å². The SMILES string of the molecule is CC(C)(C)CC(=O)NCC(=O)Nc1ccc(OCCN)cc1.Cl. The van der Waals surface area contributed by atoms with Crippen LogP contribution in [0.4, 0.5) is 5.69 Å². The van der Waals surface area contributed by atoms with E-state index in [1.165, 1.54) is 0 Å². The van der Waals surface area contributed by atoms with Crippen LogP contribution in [0.3, 0.4) is 0 Å². The fraction of sp³-hybridized carbons (Fsp3) is 0.500. The second-order valence-corrected chi connectivity index (χ2v) is 6.22. The number of hydrogen-bond acceptors (Lipinski definition) is 4. The summed E-state index contributed by atoms with van der Waals surface area (Å²) in [5.74, 6) is 0.299. The summed E-state index contributed by atoms with van der Waals surface area (Å²) in [5, 5.41) is 5.32. The molecule has 1 rings (SSSR count). The van der Waals surface area contributed by atoms with Gasteiger partial charge < -0.3 is 21.1 Å². The zero-order chi connectivity index (χ0) is 16.6. The molecule has 0 spiro atoms. The van der Waals surface area contributed by atoms with Crippen molar-refractivity contribution in [2.24, 2.45) is 11.1 Å². The molecule has 0 saturated heterocycles. The third-order valence-electron chi connectivity index (χ3n) is 2.66. The number of carbonyl (C=O) groups excluding carboxylic acids is 2. The van der Waals surface area contributed by atoms with Crippen LogP contribution in [-0.2, 0) is 9.59 Å². The number of hydrogen-bond donors (Lipinski definition) is 3. The summed E-state index contributed by atoms with van der Waals surface area (Å²) in [4.78, 5) is 23.4. The van der Waals surface area contributed by atoms with Crippen LogP contribution in [0.5, 0.6) is 5.75 Å². The number of carbonyl (C=O) groups is 2. The Morgan fingerprint density at radius 2 is 1.74 bits per heavy atom. The van der Waals surface area contributed by atoms with Crippen molar-refractivity contribution >= 4 is 29.9 Å². The molecule has 0 fully saturated rings. The zero-order valence-electron chi connectivity index (χ0n) is 13.8. The van der Waals surface area contributed by atoms with Crippen LogP contribution in [0.1, 0.15) is 27.2 Å². The molecular formula is C16H26ClN3O3. The highest BCUT2D eigenvalue weighted by Crippen LogP contribution is 2.18. The monoisotopic (exact) mass is 343 g/mol. The second kappa shape index (κ2) is 10.1. The first-order chi connectivity index (χ1) is 10.3. The highest BCUT2D eigenvalue weighted by atomic mass is 35.5. The smallest absolute Gasteiger partial charge is 0.243 e. The van der Waals surface area contributed by atoms with E-state index in [1.54, 1.807) is 24.3 Å². The predicted molar refractivity (Wildman–Crippen MR) is 94.0 cm³/mol. The molecule has 0 bridgehead atoms. The van der Waals surface area contributed by atoms with E-state index in [4.69, 9.17) is 10.5 Å². The fourth-order valence-electron chi connectivity index (χ4n) is 1.74. The number of nitrogens with one attached hydrogen (secondary N) is 2. The lowest BCUT2D eigenvalue weighted by Gasteiger charge is -2.17. The Kier molecular flexibility index (Phi) is 9.29. The van der Waals surface area contributed by atoms with Crippen molar-refractivity contribution < 1.29 is 14.3 Å². The van der Waals surface area contributed by atoms with Gasteiger partial charge in [0.15, 0.2) is 0 Å². The second-order valence-electron chi connectivity index (χ2n) is 6.22. The van der Waals surface area contributed by atoms with E-state index in [2.05, 4.69) is 10.6 Å². The molecule has 0 unspecified atom stereocenters. The number of amides is 2. The molecule has 0 aliphatic carbocycles. The Morgan fingerprint density at radius 3 is 2.26 bits per heavy atom. The number of rotatable bonds is 7. The lowest BCUT2D eigenvalue weighted by atomic mass is 9.92. The number of benzene rings is 1. The van der Waals surface area contributed by atoms with Gasteiger partial charge in [0.05, 0.1) is 6.54 Å². The van der Waals surface area contributed by atoms with Crippen LogP contribution in [0, 0.1) is 5.41 Å². The van der Waals surface area contributed by atoms with Gasteiger partial charge >= 0.3 is 0 Å². The third kappa shape index (κ3) is 9.76. The van der Waals surface area contributed by atoms with Crippen LogP contribution in [-0.4, -0.2) is 31.5 Å². The van der Waals surface area contributed by atoms with Crippen molar-refractivity contribution in [3.63, 3.8) is 0 Å². The lowest BCUT2D eigenvalue weighted by molar-refractivity contribution is -0.125. The van der Waals surface area contributed by atoms with Gasteiger partial charge in [-0.2, -0.15) is 0 Å². The number of ether oxygens (including phenoxy) is 1. The summed E-state index contributed by atoms with van der Waals surface area (Å²) in [6.45, 7) is 6.78. The summed E-state index contributed by atoms with van der Waals surface area (Å²) in [6, 6.07) is 6.98. The maximum atomic E-state index is 11.8. The molecule has 1 aromatic rings. The summed E-state index contributed by atoms with van der Waals surface area (Å²) >= 11 is 0. The molecule has 0 aliphatic heterocycles. The molecule has 0 aliphatic rings. The predicted octanol–water partition coefficient (Wildman–Crippen LogP) is 1.94. The van der Waals surface area contributed by atoms with Gasteiger partial charge in [0.1, 0.15) is 12.4 Å². The van der Waals surface area contributed by atoms with E-state index in [9.17, 15) is 9.59 Å². The van der Waals surface area contributed by atoms with Gasteiger partial charge in [-0.05, 0) is 29.7 Å². The molecule has 7 heteroatoms. The quantitative estimate of drug-likeness (QED) is 0.705. The van der Waals surface area contributed by atoms with Gasteiger partial charge in [-0.15, -0.1) is 12.4 Å². The molecular weight excluding hydrogens is 318 g/mol. The van der Waals surface area contributed by atoms with Crippen molar-refractivity contribution in [3.8, 4) is 5.75 Å². The van der Waals surface area contributed by atoms with Gasteiger partial charge in [-0.3, -0.25) is 9.59 Å². The van der Waals surface area contributed by atoms with Gasteiger partial charge in [0.2, 0.25) is 11.8 Å². The maximum Gasteiger partial charge on any atom is 0.243 e. The molecule has 2 amide bonds. The van der Waals surface area contributed by atoms with E-state index in [0.29, 0.717) is 31.0 Å². The van der Waals surface area contributed by atoms with Gasteiger partial charge in [-0.1, -0.05) is 20.8 Å². The molecule has 0 radical (unpaired) electrons. The molecule has 23 heavy (non-hydrogen) atoms. The first-order valence-corrected chi connectivity index (χ1v) is 7.29. The summed E-state index contributed by atoms with van der Waals surface area (Å²) in [7, 11) is 0. The Morgan fingerprint density at radius 1 is 1.13 bits per heavy atom. The Balaban J connectivity index is 0.00000484. The number of halogens is 1. The minimum Gasteiger partial charge on any atom is -0.492 e. The molecule has 0 saturated carbocycles. The minimum atomic E-state index is -0.266. The van der Waals surface area contributed by atoms with Crippen molar-refractivity contribution in [1.82, 2.24) is 5.32 Å². The molecule has 6 nitrogen and oxygen atoms in total.